The zero-order valence-electron chi connectivity index (χ0n) is 11.1. The van der Waals surface area contributed by atoms with Gasteiger partial charge in [0, 0.05) is 6.04 Å². The molecule has 0 aliphatic carbocycles. The number of carbonyl (C=O) groups is 1. The smallest absolute Gasteiger partial charge is 0.241 e. The maximum Gasteiger partial charge on any atom is 0.241 e. The first kappa shape index (κ1) is 13.5. The SMILES string of the molecule is CCCCC1NCN(C(C)CC(C)C)C1=O. The zero-order valence-corrected chi connectivity index (χ0v) is 11.1. The van der Waals surface area contributed by atoms with Crippen LogP contribution >= 0.6 is 0 Å². The highest BCUT2D eigenvalue weighted by Gasteiger charge is 2.33. The van der Waals surface area contributed by atoms with Crippen LogP contribution in [0.5, 0.6) is 0 Å². The molecule has 3 heteroatoms. The van der Waals surface area contributed by atoms with Crippen molar-refractivity contribution in [2.24, 2.45) is 5.92 Å². The van der Waals surface area contributed by atoms with Gasteiger partial charge in [0.15, 0.2) is 0 Å². The van der Waals surface area contributed by atoms with E-state index in [2.05, 4.69) is 33.0 Å². The normalized spacial score (nSPS) is 23.2. The van der Waals surface area contributed by atoms with Crippen LogP contribution in [0.15, 0.2) is 0 Å². The number of rotatable bonds is 6. The van der Waals surface area contributed by atoms with Gasteiger partial charge in [0.25, 0.3) is 0 Å². The third kappa shape index (κ3) is 3.48. The molecule has 0 radical (unpaired) electrons. The van der Waals surface area contributed by atoms with Gasteiger partial charge < -0.3 is 4.90 Å². The van der Waals surface area contributed by atoms with E-state index in [4.69, 9.17) is 0 Å². The van der Waals surface area contributed by atoms with E-state index in [1.54, 1.807) is 0 Å². The highest BCUT2D eigenvalue weighted by Crippen LogP contribution is 2.17. The third-order valence-corrected chi connectivity index (χ3v) is 3.28. The zero-order chi connectivity index (χ0) is 12.1. The van der Waals surface area contributed by atoms with Crippen LogP contribution < -0.4 is 5.32 Å². The average molecular weight is 226 g/mol. The van der Waals surface area contributed by atoms with Gasteiger partial charge in [0.05, 0.1) is 12.7 Å². The molecule has 1 aliphatic heterocycles. The summed E-state index contributed by atoms with van der Waals surface area (Å²) in [6.07, 6.45) is 4.37. The Kier molecular flexibility index (Phi) is 5.26. The standard InChI is InChI=1S/C13H26N2O/c1-5-6-7-12-13(16)15(9-14-12)11(4)8-10(2)3/h10-12,14H,5-9H2,1-4H3. The summed E-state index contributed by atoms with van der Waals surface area (Å²) >= 11 is 0. The van der Waals surface area contributed by atoms with E-state index in [0.29, 0.717) is 17.9 Å². The van der Waals surface area contributed by atoms with E-state index in [-0.39, 0.29) is 6.04 Å². The molecule has 0 bridgehead atoms. The minimum Gasteiger partial charge on any atom is -0.326 e. The van der Waals surface area contributed by atoms with E-state index in [1.807, 2.05) is 4.90 Å². The Labute approximate surface area is 99.6 Å². The van der Waals surface area contributed by atoms with Gasteiger partial charge in [-0.3, -0.25) is 10.1 Å². The van der Waals surface area contributed by atoms with Crippen molar-refractivity contribution in [3.05, 3.63) is 0 Å². The lowest BCUT2D eigenvalue weighted by atomic mass is 10.0. The molecule has 3 nitrogen and oxygen atoms in total. The Morgan fingerprint density at radius 1 is 1.44 bits per heavy atom. The van der Waals surface area contributed by atoms with E-state index in [9.17, 15) is 4.79 Å². The quantitative estimate of drug-likeness (QED) is 0.754. The number of unbranched alkanes of at least 4 members (excludes halogenated alkanes) is 1. The molecule has 0 aromatic rings. The van der Waals surface area contributed by atoms with Gasteiger partial charge in [-0.2, -0.15) is 0 Å². The van der Waals surface area contributed by atoms with E-state index >= 15 is 0 Å². The second kappa shape index (κ2) is 6.24. The molecule has 0 saturated carbocycles. The predicted molar refractivity (Wildman–Crippen MR) is 67.1 cm³/mol. The van der Waals surface area contributed by atoms with Gasteiger partial charge in [-0.05, 0) is 25.7 Å². The third-order valence-electron chi connectivity index (χ3n) is 3.28. The molecule has 94 valence electrons. The molecule has 2 unspecified atom stereocenters. The Morgan fingerprint density at radius 3 is 2.69 bits per heavy atom. The van der Waals surface area contributed by atoms with Gasteiger partial charge in [-0.25, -0.2) is 0 Å². The molecule has 0 spiro atoms. The minimum absolute atomic E-state index is 0.0783. The molecule has 1 saturated heterocycles. The maximum absolute atomic E-state index is 12.1. The van der Waals surface area contributed by atoms with Gasteiger partial charge in [-0.1, -0.05) is 33.6 Å². The van der Waals surface area contributed by atoms with Crippen molar-refractivity contribution in [1.29, 1.82) is 0 Å². The molecule has 1 fully saturated rings. The van der Waals surface area contributed by atoms with E-state index in [0.717, 1.165) is 32.4 Å². The molecule has 1 aliphatic rings. The number of amides is 1. The van der Waals surface area contributed by atoms with E-state index < -0.39 is 0 Å². The molecule has 1 N–H and O–H groups in total. The first-order valence-corrected chi connectivity index (χ1v) is 6.60. The van der Waals surface area contributed by atoms with Crippen molar-refractivity contribution < 1.29 is 4.79 Å². The van der Waals surface area contributed by atoms with Crippen LogP contribution in [0.4, 0.5) is 0 Å². The minimum atomic E-state index is 0.0783. The number of nitrogens with zero attached hydrogens (tertiary/aromatic N) is 1. The van der Waals surface area contributed by atoms with Crippen molar-refractivity contribution in [2.75, 3.05) is 6.67 Å². The number of nitrogens with one attached hydrogen (secondary N) is 1. The summed E-state index contributed by atoms with van der Waals surface area (Å²) in [5.41, 5.74) is 0. The lowest BCUT2D eigenvalue weighted by molar-refractivity contribution is -0.130. The summed E-state index contributed by atoms with van der Waals surface area (Å²) in [5.74, 6) is 0.957. The Bertz CT molecular complexity index is 228. The van der Waals surface area contributed by atoms with Crippen molar-refractivity contribution in [3.8, 4) is 0 Å². The van der Waals surface area contributed by atoms with Crippen molar-refractivity contribution in [2.45, 2.75) is 65.5 Å². The van der Waals surface area contributed by atoms with Crippen LogP contribution in [0.1, 0.15) is 53.4 Å². The maximum atomic E-state index is 12.1. The predicted octanol–water partition coefficient (Wildman–Crippen LogP) is 2.37. The topological polar surface area (TPSA) is 32.3 Å². The van der Waals surface area contributed by atoms with Crippen LogP contribution in [-0.2, 0) is 4.79 Å². The van der Waals surface area contributed by atoms with Crippen molar-refractivity contribution in [3.63, 3.8) is 0 Å². The molecule has 0 aromatic heterocycles. The monoisotopic (exact) mass is 226 g/mol. The first-order valence-electron chi connectivity index (χ1n) is 6.60. The van der Waals surface area contributed by atoms with Crippen LogP contribution in [-0.4, -0.2) is 29.6 Å². The van der Waals surface area contributed by atoms with E-state index in [1.165, 1.54) is 0 Å². The second-order valence-electron chi connectivity index (χ2n) is 5.34. The lowest BCUT2D eigenvalue weighted by Crippen LogP contribution is -2.37. The van der Waals surface area contributed by atoms with Gasteiger partial charge in [-0.15, -0.1) is 0 Å². The largest absolute Gasteiger partial charge is 0.326 e. The van der Waals surface area contributed by atoms with Gasteiger partial charge >= 0.3 is 0 Å². The molecular formula is C13H26N2O. The van der Waals surface area contributed by atoms with Crippen LogP contribution in [0.3, 0.4) is 0 Å². The molecule has 0 aromatic carbocycles. The second-order valence-corrected chi connectivity index (χ2v) is 5.34. The first-order chi connectivity index (χ1) is 7.56. The molecule has 16 heavy (non-hydrogen) atoms. The van der Waals surface area contributed by atoms with Gasteiger partial charge in [0.2, 0.25) is 5.91 Å². The Balaban J connectivity index is 2.43. The fourth-order valence-electron chi connectivity index (χ4n) is 2.39. The number of carbonyl (C=O) groups excluding carboxylic acids is 1. The lowest BCUT2D eigenvalue weighted by Gasteiger charge is -2.25. The number of hydrogen-bond acceptors (Lipinski definition) is 2. The van der Waals surface area contributed by atoms with Crippen LogP contribution in [0.25, 0.3) is 0 Å². The average Bonchev–Trinajstić information content (AvgIpc) is 2.56. The summed E-state index contributed by atoms with van der Waals surface area (Å²) in [7, 11) is 0. The molecule has 1 heterocycles. The van der Waals surface area contributed by atoms with Gasteiger partial charge in [0.1, 0.15) is 0 Å². The summed E-state index contributed by atoms with van der Waals surface area (Å²) in [5, 5.41) is 3.32. The summed E-state index contributed by atoms with van der Waals surface area (Å²) in [6, 6.07) is 0.446. The fourth-order valence-corrected chi connectivity index (χ4v) is 2.39. The summed E-state index contributed by atoms with van der Waals surface area (Å²) in [4.78, 5) is 14.1. The molecule has 1 amide bonds. The Morgan fingerprint density at radius 2 is 2.12 bits per heavy atom. The van der Waals surface area contributed by atoms with Crippen molar-refractivity contribution in [1.82, 2.24) is 10.2 Å². The highest BCUT2D eigenvalue weighted by molar-refractivity contribution is 5.84. The summed E-state index contributed by atoms with van der Waals surface area (Å²) < 4.78 is 0. The molecular weight excluding hydrogens is 200 g/mol. The molecule has 2 atom stereocenters. The number of hydrogen-bond donors (Lipinski definition) is 1. The highest BCUT2D eigenvalue weighted by atomic mass is 16.2. The van der Waals surface area contributed by atoms with Crippen molar-refractivity contribution >= 4 is 5.91 Å². The fraction of sp³-hybridized carbons (Fsp3) is 0.923. The van der Waals surface area contributed by atoms with Crippen LogP contribution in [0.2, 0.25) is 0 Å². The summed E-state index contributed by atoms with van der Waals surface area (Å²) in [6.45, 7) is 9.47. The van der Waals surface area contributed by atoms with Crippen LogP contribution in [0, 0.1) is 5.92 Å². The molecule has 1 rings (SSSR count). The Hall–Kier alpha value is -0.570.